The summed E-state index contributed by atoms with van der Waals surface area (Å²) in [5.41, 5.74) is 1.59. The van der Waals surface area contributed by atoms with Crippen molar-refractivity contribution in [1.82, 2.24) is 18.8 Å². The zero-order chi connectivity index (χ0) is 18.9. The van der Waals surface area contributed by atoms with Gasteiger partial charge in [0.05, 0.1) is 17.3 Å². The summed E-state index contributed by atoms with van der Waals surface area (Å²) in [6.07, 6.45) is 2.23. The fourth-order valence-electron chi connectivity index (χ4n) is 3.46. The predicted octanol–water partition coefficient (Wildman–Crippen LogP) is 0.128. The maximum absolute atomic E-state index is 12.3. The summed E-state index contributed by atoms with van der Waals surface area (Å²) in [7, 11) is -1.46. The van der Waals surface area contributed by atoms with Crippen molar-refractivity contribution in [3.05, 3.63) is 34.7 Å². The number of rotatable bonds is 5. The zero-order valence-corrected chi connectivity index (χ0v) is 15.8. The van der Waals surface area contributed by atoms with Crippen molar-refractivity contribution in [1.29, 1.82) is 0 Å². The normalized spacial score (nSPS) is 16.8. The standard InChI is InChI=1S/C17H24N4O4S/c1-19-14-5-3-4-6-15(14)21(17(19)23)12-9-18-16(22)13-7-10-20(11-8-13)26(2,24)25/h3-6,13H,7-12H2,1-2H3,(H,18,22). The van der Waals surface area contributed by atoms with Crippen LogP contribution in [-0.4, -0.2) is 53.7 Å². The van der Waals surface area contributed by atoms with Crippen LogP contribution >= 0.6 is 0 Å². The van der Waals surface area contributed by atoms with E-state index < -0.39 is 10.0 Å². The van der Waals surface area contributed by atoms with Crippen molar-refractivity contribution in [2.75, 3.05) is 25.9 Å². The van der Waals surface area contributed by atoms with E-state index in [1.807, 2.05) is 24.3 Å². The number of hydrogen-bond acceptors (Lipinski definition) is 4. The van der Waals surface area contributed by atoms with Gasteiger partial charge in [-0.2, -0.15) is 0 Å². The molecule has 0 spiro atoms. The summed E-state index contributed by atoms with van der Waals surface area (Å²) in [6, 6.07) is 7.55. The molecule has 1 aliphatic heterocycles. The third kappa shape index (κ3) is 3.68. The molecule has 0 atom stereocenters. The van der Waals surface area contributed by atoms with E-state index in [1.54, 1.807) is 16.2 Å². The summed E-state index contributed by atoms with van der Waals surface area (Å²) in [6.45, 7) is 1.51. The molecule has 0 unspecified atom stereocenters. The first-order valence-corrected chi connectivity index (χ1v) is 10.5. The average Bonchev–Trinajstić information content (AvgIpc) is 2.86. The number of aryl methyl sites for hydroxylation is 1. The molecule has 9 heteroatoms. The quantitative estimate of drug-likeness (QED) is 0.798. The number of fused-ring (bicyclic) bond motifs is 1. The molecule has 1 fully saturated rings. The molecule has 0 aliphatic carbocycles. The molecule has 1 amide bonds. The minimum atomic E-state index is -3.19. The number of amides is 1. The number of piperidine rings is 1. The summed E-state index contributed by atoms with van der Waals surface area (Å²) < 4.78 is 27.7. The second kappa shape index (κ2) is 7.24. The summed E-state index contributed by atoms with van der Waals surface area (Å²) >= 11 is 0. The Morgan fingerprint density at radius 2 is 1.81 bits per heavy atom. The molecular weight excluding hydrogens is 356 g/mol. The van der Waals surface area contributed by atoms with Crippen LogP contribution in [0.2, 0.25) is 0 Å². The van der Waals surface area contributed by atoms with Crippen LogP contribution in [0.1, 0.15) is 12.8 Å². The number of para-hydroxylation sites is 2. The van der Waals surface area contributed by atoms with Gasteiger partial charge in [0, 0.05) is 39.1 Å². The van der Waals surface area contributed by atoms with E-state index in [9.17, 15) is 18.0 Å². The van der Waals surface area contributed by atoms with Crippen molar-refractivity contribution < 1.29 is 13.2 Å². The minimum absolute atomic E-state index is 0.0774. The van der Waals surface area contributed by atoms with Crippen LogP contribution in [-0.2, 0) is 28.4 Å². The summed E-state index contributed by atoms with van der Waals surface area (Å²) in [4.78, 5) is 24.7. The van der Waals surface area contributed by atoms with Crippen LogP contribution in [0, 0.1) is 5.92 Å². The largest absolute Gasteiger partial charge is 0.354 e. The summed E-state index contributed by atoms with van der Waals surface area (Å²) in [5.74, 6) is -0.260. The van der Waals surface area contributed by atoms with Crippen LogP contribution < -0.4 is 11.0 Å². The van der Waals surface area contributed by atoms with Gasteiger partial charge in [-0.15, -0.1) is 0 Å². The maximum Gasteiger partial charge on any atom is 0.328 e. The molecule has 0 radical (unpaired) electrons. The smallest absolute Gasteiger partial charge is 0.328 e. The van der Waals surface area contributed by atoms with Gasteiger partial charge in [0.2, 0.25) is 15.9 Å². The van der Waals surface area contributed by atoms with Gasteiger partial charge in [-0.1, -0.05) is 12.1 Å². The van der Waals surface area contributed by atoms with E-state index >= 15 is 0 Å². The fourth-order valence-corrected chi connectivity index (χ4v) is 4.34. The first kappa shape index (κ1) is 18.7. The zero-order valence-electron chi connectivity index (χ0n) is 15.0. The second-order valence-corrected chi connectivity index (χ2v) is 8.69. The van der Waals surface area contributed by atoms with E-state index in [-0.39, 0.29) is 17.5 Å². The number of nitrogens with zero attached hydrogens (tertiary/aromatic N) is 3. The monoisotopic (exact) mass is 380 g/mol. The summed E-state index contributed by atoms with van der Waals surface area (Å²) in [5, 5.41) is 2.88. The Bertz CT molecular complexity index is 968. The van der Waals surface area contributed by atoms with Gasteiger partial charge in [0.1, 0.15) is 0 Å². The number of nitrogens with one attached hydrogen (secondary N) is 1. The Labute approximate surface area is 152 Å². The number of aromatic nitrogens is 2. The topological polar surface area (TPSA) is 93.4 Å². The number of imidazole rings is 1. The number of hydrogen-bond donors (Lipinski definition) is 1. The van der Waals surface area contributed by atoms with Crippen molar-refractivity contribution >= 4 is 27.0 Å². The van der Waals surface area contributed by atoms with Gasteiger partial charge in [0.15, 0.2) is 0 Å². The Morgan fingerprint density at radius 3 is 2.42 bits per heavy atom. The first-order valence-electron chi connectivity index (χ1n) is 8.66. The third-order valence-corrected chi connectivity index (χ3v) is 6.28. The van der Waals surface area contributed by atoms with Crippen LogP contribution in [0.3, 0.4) is 0 Å². The Kier molecular flexibility index (Phi) is 5.19. The van der Waals surface area contributed by atoms with Gasteiger partial charge in [-0.3, -0.25) is 13.9 Å². The molecule has 2 aromatic rings. The molecule has 26 heavy (non-hydrogen) atoms. The van der Waals surface area contributed by atoms with E-state index in [0.717, 1.165) is 11.0 Å². The van der Waals surface area contributed by atoms with E-state index in [1.165, 1.54) is 10.6 Å². The Balaban J connectivity index is 1.57. The number of carbonyl (C=O) groups excluding carboxylic acids is 1. The highest BCUT2D eigenvalue weighted by Crippen LogP contribution is 2.19. The molecule has 1 N–H and O–H groups in total. The van der Waals surface area contributed by atoms with Gasteiger partial charge < -0.3 is 5.32 Å². The number of sulfonamides is 1. The maximum atomic E-state index is 12.3. The van der Waals surface area contributed by atoms with Crippen LogP contribution in [0.25, 0.3) is 11.0 Å². The van der Waals surface area contributed by atoms with Gasteiger partial charge in [-0.25, -0.2) is 17.5 Å². The van der Waals surface area contributed by atoms with Crippen LogP contribution in [0.4, 0.5) is 0 Å². The lowest BCUT2D eigenvalue weighted by Gasteiger charge is -2.29. The van der Waals surface area contributed by atoms with Gasteiger partial charge >= 0.3 is 5.69 Å². The van der Waals surface area contributed by atoms with Crippen molar-refractivity contribution in [2.24, 2.45) is 13.0 Å². The number of benzene rings is 1. The first-order chi connectivity index (χ1) is 12.3. The fraction of sp³-hybridized carbons (Fsp3) is 0.529. The van der Waals surface area contributed by atoms with E-state index in [2.05, 4.69) is 5.32 Å². The molecule has 142 valence electrons. The minimum Gasteiger partial charge on any atom is -0.354 e. The lowest BCUT2D eigenvalue weighted by molar-refractivity contribution is -0.126. The predicted molar refractivity (Wildman–Crippen MR) is 99.3 cm³/mol. The average molecular weight is 380 g/mol. The van der Waals surface area contributed by atoms with Crippen LogP contribution in [0.5, 0.6) is 0 Å². The highest BCUT2D eigenvalue weighted by Gasteiger charge is 2.28. The highest BCUT2D eigenvalue weighted by atomic mass is 32.2. The van der Waals surface area contributed by atoms with E-state index in [0.29, 0.717) is 39.0 Å². The molecule has 1 saturated heterocycles. The molecule has 0 saturated carbocycles. The molecule has 1 aromatic heterocycles. The van der Waals surface area contributed by atoms with E-state index in [4.69, 9.17) is 0 Å². The third-order valence-electron chi connectivity index (χ3n) is 4.98. The molecular formula is C17H24N4O4S. The number of carbonyl (C=O) groups is 1. The molecule has 0 bridgehead atoms. The molecule has 1 aromatic carbocycles. The molecule has 1 aliphatic rings. The molecule has 3 rings (SSSR count). The Hall–Kier alpha value is -2.13. The second-order valence-electron chi connectivity index (χ2n) is 6.71. The molecule has 2 heterocycles. The van der Waals surface area contributed by atoms with Gasteiger partial charge in [0.25, 0.3) is 0 Å². The van der Waals surface area contributed by atoms with Crippen molar-refractivity contribution in [3.8, 4) is 0 Å². The van der Waals surface area contributed by atoms with Crippen molar-refractivity contribution in [2.45, 2.75) is 19.4 Å². The lowest BCUT2D eigenvalue weighted by Crippen LogP contribution is -2.43. The van der Waals surface area contributed by atoms with Gasteiger partial charge in [-0.05, 0) is 25.0 Å². The van der Waals surface area contributed by atoms with Crippen LogP contribution in [0.15, 0.2) is 29.1 Å². The lowest BCUT2D eigenvalue weighted by atomic mass is 9.97. The Morgan fingerprint density at radius 1 is 1.19 bits per heavy atom. The SMILES string of the molecule is Cn1c(=O)n(CCNC(=O)C2CCN(S(C)(=O)=O)CC2)c2ccccc21. The molecule has 8 nitrogen and oxygen atoms in total. The van der Waals surface area contributed by atoms with Crippen molar-refractivity contribution in [3.63, 3.8) is 0 Å². The highest BCUT2D eigenvalue weighted by molar-refractivity contribution is 7.88.